The molecule has 0 N–H and O–H groups in total. The molecule has 0 atom stereocenters. The van der Waals surface area contributed by atoms with Gasteiger partial charge in [-0.25, -0.2) is 0 Å². The van der Waals surface area contributed by atoms with Crippen LogP contribution in [-0.4, -0.2) is 18.0 Å². The molecule has 4 nitrogen and oxygen atoms in total. The first-order valence-electron chi connectivity index (χ1n) is 5.18. The second kappa shape index (κ2) is 5.34. The molecule has 0 spiro atoms. The van der Waals surface area contributed by atoms with Gasteiger partial charge in [-0.3, -0.25) is 14.2 Å². The smallest absolute Gasteiger partial charge is 0.266 e. The Hall–Kier alpha value is -1.63. The number of aldehydes is 1. The van der Waals surface area contributed by atoms with E-state index in [1.807, 2.05) is 22.6 Å². The van der Waals surface area contributed by atoms with Crippen LogP contribution in [0.3, 0.4) is 0 Å². The number of hydrogen-bond acceptors (Lipinski definition) is 3. The molecule has 0 amide bonds. The van der Waals surface area contributed by atoms with Crippen molar-refractivity contribution >= 4 is 28.9 Å². The van der Waals surface area contributed by atoms with E-state index in [1.165, 1.54) is 4.57 Å². The first-order valence-corrected chi connectivity index (χ1v) is 6.26. The van der Waals surface area contributed by atoms with Crippen molar-refractivity contribution < 1.29 is 9.53 Å². The lowest BCUT2D eigenvalue weighted by Gasteiger charge is -2.08. The second-order valence-electron chi connectivity index (χ2n) is 3.57. The molecule has 1 aromatic carbocycles. The average Bonchev–Trinajstić information content (AvgIpc) is 2.39. The standard InChI is InChI=1S/C13H10INO3/c1-18-10-4-2-3-9(7-10)15-6-5-12(14)11(8-16)13(15)17/h2-8H,1H3. The summed E-state index contributed by atoms with van der Waals surface area (Å²) < 4.78 is 7.18. The molecule has 1 heterocycles. The molecule has 2 rings (SSSR count). The van der Waals surface area contributed by atoms with Gasteiger partial charge in [-0.2, -0.15) is 0 Å². The molecule has 5 heteroatoms. The Balaban J connectivity index is 2.64. The van der Waals surface area contributed by atoms with Crippen molar-refractivity contribution in [1.29, 1.82) is 0 Å². The van der Waals surface area contributed by atoms with E-state index in [4.69, 9.17) is 4.74 Å². The molecular weight excluding hydrogens is 345 g/mol. The molecule has 0 fully saturated rings. The Morgan fingerprint density at radius 1 is 1.33 bits per heavy atom. The summed E-state index contributed by atoms with van der Waals surface area (Å²) in [6.07, 6.45) is 2.23. The van der Waals surface area contributed by atoms with Gasteiger partial charge < -0.3 is 4.74 Å². The maximum Gasteiger partial charge on any atom is 0.266 e. The molecule has 0 bridgehead atoms. The third-order valence-corrected chi connectivity index (χ3v) is 3.47. The first kappa shape index (κ1) is 12.8. The first-order chi connectivity index (χ1) is 8.67. The molecule has 0 aliphatic rings. The summed E-state index contributed by atoms with van der Waals surface area (Å²) in [5.74, 6) is 0.658. The molecule has 1 aromatic heterocycles. The molecule has 92 valence electrons. The second-order valence-corrected chi connectivity index (χ2v) is 4.73. The van der Waals surface area contributed by atoms with Gasteiger partial charge in [-0.05, 0) is 40.8 Å². The minimum atomic E-state index is -0.329. The van der Waals surface area contributed by atoms with Gasteiger partial charge in [0.15, 0.2) is 6.29 Å². The van der Waals surface area contributed by atoms with Crippen LogP contribution in [0.5, 0.6) is 5.75 Å². The summed E-state index contributed by atoms with van der Waals surface area (Å²) in [6, 6.07) is 8.83. The van der Waals surface area contributed by atoms with Crippen molar-refractivity contribution in [2.45, 2.75) is 0 Å². The Labute approximate surface area is 117 Å². The summed E-state index contributed by atoms with van der Waals surface area (Å²) >= 11 is 1.97. The van der Waals surface area contributed by atoms with E-state index in [9.17, 15) is 9.59 Å². The number of methoxy groups -OCH3 is 1. The zero-order valence-corrected chi connectivity index (χ0v) is 11.7. The van der Waals surface area contributed by atoms with Gasteiger partial charge in [0.1, 0.15) is 5.75 Å². The summed E-state index contributed by atoms with van der Waals surface area (Å²) in [7, 11) is 1.56. The lowest BCUT2D eigenvalue weighted by atomic mass is 10.2. The Bertz CT molecular complexity index is 649. The lowest BCUT2D eigenvalue weighted by molar-refractivity contribution is 0.112. The summed E-state index contributed by atoms with van der Waals surface area (Å²) in [5, 5.41) is 0. The minimum Gasteiger partial charge on any atom is -0.497 e. The van der Waals surface area contributed by atoms with Crippen LogP contribution in [0.2, 0.25) is 0 Å². The van der Waals surface area contributed by atoms with Crippen LogP contribution in [0, 0.1) is 3.57 Å². The number of aromatic nitrogens is 1. The Morgan fingerprint density at radius 2 is 2.11 bits per heavy atom. The monoisotopic (exact) mass is 355 g/mol. The number of hydrogen-bond donors (Lipinski definition) is 0. The van der Waals surface area contributed by atoms with Gasteiger partial charge in [0.2, 0.25) is 0 Å². The molecule has 0 saturated carbocycles. The van der Waals surface area contributed by atoms with Gasteiger partial charge in [0, 0.05) is 15.8 Å². The van der Waals surface area contributed by atoms with E-state index >= 15 is 0 Å². The molecule has 0 radical (unpaired) electrons. The van der Waals surface area contributed by atoms with E-state index < -0.39 is 0 Å². The van der Waals surface area contributed by atoms with Gasteiger partial charge in [-0.15, -0.1) is 0 Å². The molecular formula is C13H10INO3. The lowest BCUT2D eigenvalue weighted by Crippen LogP contribution is -2.22. The quantitative estimate of drug-likeness (QED) is 0.627. The largest absolute Gasteiger partial charge is 0.497 e. The molecule has 18 heavy (non-hydrogen) atoms. The van der Waals surface area contributed by atoms with E-state index in [-0.39, 0.29) is 11.1 Å². The SMILES string of the molecule is COc1cccc(-n2ccc(I)c(C=O)c2=O)c1. The van der Waals surface area contributed by atoms with Crippen LogP contribution >= 0.6 is 22.6 Å². The molecule has 0 saturated heterocycles. The van der Waals surface area contributed by atoms with Gasteiger partial charge in [-0.1, -0.05) is 6.07 Å². The van der Waals surface area contributed by atoms with E-state index in [2.05, 4.69) is 0 Å². The highest BCUT2D eigenvalue weighted by atomic mass is 127. The van der Waals surface area contributed by atoms with Gasteiger partial charge in [0.05, 0.1) is 18.4 Å². The van der Waals surface area contributed by atoms with E-state index in [1.54, 1.807) is 43.6 Å². The predicted octanol–water partition coefficient (Wildman–Crippen LogP) is 2.26. The number of nitrogens with zero attached hydrogens (tertiary/aromatic N) is 1. The third-order valence-electron chi connectivity index (χ3n) is 2.53. The van der Waals surface area contributed by atoms with Crippen LogP contribution in [-0.2, 0) is 0 Å². The van der Waals surface area contributed by atoms with Crippen molar-refractivity contribution in [2.75, 3.05) is 7.11 Å². The maximum atomic E-state index is 12.1. The average molecular weight is 355 g/mol. The molecule has 0 aliphatic carbocycles. The summed E-state index contributed by atoms with van der Waals surface area (Å²) in [5.41, 5.74) is 0.505. The fourth-order valence-electron chi connectivity index (χ4n) is 1.60. The van der Waals surface area contributed by atoms with Crippen molar-refractivity contribution in [3.63, 3.8) is 0 Å². The number of carbonyl (C=O) groups excluding carboxylic acids is 1. The van der Waals surface area contributed by atoms with Crippen molar-refractivity contribution in [3.8, 4) is 11.4 Å². The highest BCUT2D eigenvalue weighted by molar-refractivity contribution is 14.1. The van der Waals surface area contributed by atoms with E-state index in [0.29, 0.717) is 21.3 Å². The fourth-order valence-corrected chi connectivity index (χ4v) is 2.12. The summed E-state index contributed by atoms with van der Waals surface area (Å²) in [4.78, 5) is 23.0. The number of carbonyl (C=O) groups is 1. The number of benzene rings is 1. The fraction of sp³-hybridized carbons (Fsp3) is 0.0769. The molecule has 0 aliphatic heterocycles. The van der Waals surface area contributed by atoms with Crippen molar-refractivity contribution in [3.05, 3.63) is 56.0 Å². The van der Waals surface area contributed by atoms with Gasteiger partial charge in [0.25, 0.3) is 5.56 Å². The predicted molar refractivity (Wildman–Crippen MR) is 76.7 cm³/mol. The van der Waals surface area contributed by atoms with Crippen LogP contribution in [0.4, 0.5) is 0 Å². The highest BCUT2D eigenvalue weighted by Gasteiger charge is 2.08. The topological polar surface area (TPSA) is 48.3 Å². The normalized spacial score (nSPS) is 10.1. The van der Waals surface area contributed by atoms with Crippen molar-refractivity contribution in [2.24, 2.45) is 0 Å². The number of halogens is 1. The Kier molecular flexibility index (Phi) is 3.81. The number of rotatable bonds is 3. The van der Waals surface area contributed by atoms with Crippen LogP contribution < -0.4 is 10.3 Å². The van der Waals surface area contributed by atoms with Crippen LogP contribution in [0.1, 0.15) is 10.4 Å². The van der Waals surface area contributed by atoms with Crippen LogP contribution in [0.15, 0.2) is 41.3 Å². The number of pyridine rings is 1. The zero-order chi connectivity index (χ0) is 13.1. The Morgan fingerprint density at radius 3 is 2.78 bits per heavy atom. The molecule has 0 unspecified atom stereocenters. The third kappa shape index (κ3) is 2.31. The van der Waals surface area contributed by atoms with Gasteiger partial charge >= 0.3 is 0 Å². The van der Waals surface area contributed by atoms with E-state index in [0.717, 1.165) is 0 Å². The number of ether oxygens (including phenoxy) is 1. The van der Waals surface area contributed by atoms with Crippen molar-refractivity contribution in [1.82, 2.24) is 4.57 Å². The maximum absolute atomic E-state index is 12.1. The van der Waals surface area contributed by atoms with Crippen LogP contribution in [0.25, 0.3) is 5.69 Å². The zero-order valence-electron chi connectivity index (χ0n) is 9.59. The highest BCUT2D eigenvalue weighted by Crippen LogP contribution is 2.16. The molecule has 2 aromatic rings. The minimum absolute atomic E-state index is 0.168. The summed E-state index contributed by atoms with van der Waals surface area (Å²) in [6.45, 7) is 0.